The predicted molar refractivity (Wildman–Crippen MR) is 113 cm³/mol. The minimum Gasteiger partial charge on any atom is -0.491 e. The molecular formula is C23H27F3N4O3. The van der Waals surface area contributed by atoms with E-state index < -0.39 is 17.8 Å². The Balaban J connectivity index is 1.20. The molecule has 0 bridgehead atoms. The van der Waals surface area contributed by atoms with Gasteiger partial charge < -0.3 is 14.8 Å². The first-order valence-electron chi connectivity index (χ1n) is 11.4. The van der Waals surface area contributed by atoms with Gasteiger partial charge in [0.1, 0.15) is 12.4 Å². The highest BCUT2D eigenvalue weighted by Crippen LogP contribution is 2.34. The van der Waals surface area contributed by atoms with E-state index in [4.69, 9.17) is 9.47 Å². The molecular weight excluding hydrogens is 437 g/mol. The van der Waals surface area contributed by atoms with Crippen LogP contribution in [-0.4, -0.2) is 59.5 Å². The first-order valence-corrected chi connectivity index (χ1v) is 11.4. The molecule has 0 spiro atoms. The molecule has 7 nitrogen and oxygen atoms in total. The zero-order valence-corrected chi connectivity index (χ0v) is 18.2. The molecule has 0 unspecified atom stereocenters. The third-order valence-electron chi connectivity index (χ3n) is 6.60. The van der Waals surface area contributed by atoms with E-state index in [0.29, 0.717) is 22.9 Å². The normalized spacial score (nSPS) is 21.7. The van der Waals surface area contributed by atoms with Gasteiger partial charge in [-0.05, 0) is 55.0 Å². The predicted octanol–water partition coefficient (Wildman–Crippen LogP) is 2.88. The fraction of sp³-hybridized carbons (Fsp3) is 0.565. The van der Waals surface area contributed by atoms with Gasteiger partial charge in [-0.15, -0.1) is 0 Å². The van der Waals surface area contributed by atoms with Crippen LogP contribution in [0.2, 0.25) is 0 Å². The van der Waals surface area contributed by atoms with E-state index in [1.54, 1.807) is 0 Å². The molecule has 2 aromatic rings. The number of rotatable bonds is 4. The number of benzene rings is 1. The van der Waals surface area contributed by atoms with E-state index in [9.17, 15) is 18.0 Å². The lowest BCUT2D eigenvalue weighted by Crippen LogP contribution is -2.43. The van der Waals surface area contributed by atoms with E-state index in [2.05, 4.69) is 15.3 Å². The summed E-state index contributed by atoms with van der Waals surface area (Å²) >= 11 is 0. The summed E-state index contributed by atoms with van der Waals surface area (Å²) in [5, 5.41) is 7.33. The van der Waals surface area contributed by atoms with Gasteiger partial charge in [0, 0.05) is 32.8 Å². The number of halogens is 3. The zero-order chi connectivity index (χ0) is 23.0. The first-order chi connectivity index (χ1) is 15.8. The Morgan fingerprint density at radius 2 is 2.00 bits per heavy atom. The number of amides is 1. The van der Waals surface area contributed by atoms with Crippen LogP contribution in [-0.2, 0) is 30.4 Å². The number of ether oxygens (including phenoxy) is 2. The molecule has 4 heterocycles. The van der Waals surface area contributed by atoms with E-state index in [0.717, 1.165) is 70.1 Å². The summed E-state index contributed by atoms with van der Waals surface area (Å²) in [5.41, 5.74) is 1.05. The summed E-state index contributed by atoms with van der Waals surface area (Å²) in [4.78, 5) is 15.2. The standard InChI is InChI=1S/C23H27F3N4O3/c24-23(25,26)17-1-2-21-16(9-17)10-18(14-33-21)27-22(31)20-11-19-13-29(5-6-30(19)28-20)12-15-3-7-32-8-4-15/h1-2,9,11,15,18H,3-8,10,12-14H2,(H,27,31)/t18-/m1/s1. The van der Waals surface area contributed by atoms with Crippen molar-refractivity contribution in [3.05, 3.63) is 46.8 Å². The highest BCUT2D eigenvalue weighted by atomic mass is 19.4. The molecule has 3 aliphatic rings. The van der Waals surface area contributed by atoms with Crippen molar-refractivity contribution in [2.45, 2.75) is 44.6 Å². The van der Waals surface area contributed by atoms with Gasteiger partial charge in [0.25, 0.3) is 5.91 Å². The van der Waals surface area contributed by atoms with Crippen LogP contribution in [0.25, 0.3) is 0 Å². The number of fused-ring (bicyclic) bond motifs is 2. The van der Waals surface area contributed by atoms with Crippen molar-refractivity contribution in [3.63, 3.8) is 0 Å². The fourth-order valence-electron chi connectivity index (χ4n) is 4.80. The summed E-state index contributed by atoms with van der Waals surface area (Å²) in [7, 11) is 0. The number of hydrogen-bond donors (Lipinski definition) is 1. The topological polar surface area (TPSA) is 68.6 Å². The molecule has 1 N–H and O–H groups in total. The van der Waals surface area contributed by atoms with Crippen LogP contribution in [0.15, 0.2) is 24.3 Å². The molecule has 5 rings (SSSR count). The van der Waals surface area contributed by atoms with Crippen molar-refractivity contribution in [1.82, 2.24) is 20.0 Å². The molecule has 10 heteroatoms. The molecule has 178 valence electrons. The van der Waals surface area contributed by atoms with Crippen LogP contribution in [0.4, 0.5) is 13.2 Å². The van der Waals surface area contributed by atoms with E-state index in [1.807, 2.05) is 10.7 Å². The summed E-state index contributed by atoms with van der Waals surface area (Å²) < 4.78 is 52.0. The Morgan fingerprint density at radius 3 is 2.79 bits per heavy atom. The first kappa shape index (κ1) is 22.2. The SMILES string of the molecule is O=C(N[C@H]1COc2ccc(C(F)(F)F)cc2C1)c1cc2n(n1)CCN(CC1CCOCC1)C2. The van der Waals surface area contributed by atoms with Gasteiger partial charge in [0.15, 0.2) is 5.69 Å². The molecule has 33 heavy (non-hydrogen) atoms. The highest BCUT2D eigenvalue weighted by molar-refractivity contribution is 5.92. The number of carbonyl (C=O) groups is 1. The van der Waals surface area contributed by atoms with Crippen LogP contribution in [0.1, 0.15) is 40.2 Å². The van der Waals surface area contributed by atoms with Gasteiger partial charge in [0.05, 0.1) is 23.8 Å². The van der Waals surface area contributed by atoms with Crippen molar-refractivity contribution in [3.8, 4) is 5.75 Å². The van der Waals surface area contributed by atoms with Gasteiger partial charge in [-0.1, -0.05) is 0 Å². The van der Waals surface area contributed by atoms with Gasteiger partial charge in [-0.3, -0.25) is 14.4 Å². The molecule has 1 aromatic heterocycles. The lowest BCUT2D eigenvalue weighted by Gasteiger charge is -2.32. The quantitative estimate of drug-likeness (QED) is 0.754. The average molecular weight is 464 g/mol. The van der Waals surface area contributed by atoms with Gasteiger partial charge >= 0.3 is 6.18 Å². The van der Waals surface area contributed by atoms with Crippen molar-refractivity contribution in [2.75, 3.05) is 32.9 Å². The second kappa shape index (κ2) is 8.98. The third-order valence-corrected chi connectivity index (χ3v) is 6.60. The lowest BCUT2D eigenvalue weighted by molar-refractivity contribution is -0.137. The Hall–Kier alpha value is -2.59. The second-order valence-electron chi connectivity index (χ2n) is 9.04. The average Bonchev–Trinajstić information content (AvgIpc) is 3.22. The van der Waals surface area contributed by atoms with Gasteiger partial charge in [0.2, 0.25) is 0 Å². The number of alkyl halides is 3. The van der Waals surface area contributed by atoms with Gasteiger partial charge in [-0.2, -0.15) is 18.3 Å². The van der Waals surface area contributed by atoms with E-state index in [-0.39, 0.29) is 18.9 Å². The van der Waals surface area contributed by atoms with Crippen LogP contribution < -0.4 is 10.1 Å². The molecule has 1 fully saturated rings. The molecule has 0 saturated carbocycles. The Kier molecular flexibility index (Phi) is 6.05. The maximum atomic E-state index is 13.0. The Labute approximate surface area is 189 Å². The summed E-state index contributed by atoms with van der Waals surface area (Å²) in [6.07, 6.45) is -1.97. The number of carbonyl (C=O) groups excluding carboxylic acids is 1. The van der Waals surface area contributed by atoms with E-state index in [1.165, 1.54) is 6.07 Å². The maximum absolute atomic E-state index is 13.0. The summed E-state index contributed by atoms with van der Waals surface area (Å²) in [6.45, 7) is 5.25. The van der Waals surface area contributed by atoms with E-state index >= 15 is 0 Å². The van der Waals surface area contributed by atoms with Crippen LogP contribution in [0.5, 0.6) is 5.75 Å². The van der Waals surface area contributed by atoms with Crippen molar-refractivity contribution in [1.29, 1.82) is 0 Å². The smallest absolute Gasteiger partial charge is 0.416 e. The highest BCUT2D eigenvalue weighted by Gasteiger charge is 2.33. The van der Waals surface area contributed by atoms with Crippen LogP contribution >= 0.6 is 0 Å². The largest absolute Gasteiger partial charge is 0.491 e. The number of aromatic nitrogens is 2. The van der Waals surface area contributed by atoms with Crippen LogP contribution in [0, 0.1) is 5.92 Å². The number of hydrogen-bond acceptors (Lipinski definition) is 5. The molecule has 0 aliphatic carbocycles. The fourth-order valence-corrected chi connectivity index (χ4v) is 4.80. The van der Waals surface area contributed by atoms with Crippen molar-refractivity contribution >= 4 is 5.91 Å². The second-order valence-corrected chi connectivity index (χ2v) is 9.04. The van der Waals surface area contributed by atoms with Gasteiger partial charge in [-0.25, -0.2) is 0 Å². The minimum absolute atomic E-state index is 0.205. The molecule has 3 aliphatic heterocycles. The Morgan fingerprint density at radius 1 is 1.18 bits per heavy atom. The minimum atomic E-state index is -4.42. The molecule has 1 aromatic carbocycles. The monoisotopic (exact) mass is 464 g/mol. The maximum Gasteiger partial charge on any atom is 0.416 e. The Bertz CT molecular complexity index is 1020. The third kappa shape index (κ3) is 5.01. The van der Waals surface area contributed by atoms with Crippen molar-refractivity contribution < 1.29 is 27.4 Å². The molecule has 1 saturated heterocycles. The lowest BCUT2D eigenvalue weighted by atomic mass is 9.99. The molecule has 0 radical (unpaired) electrons. The van der Waals surface area contributed by atoms with Crippen LogP contribution in [0.3, 0.4) is 0 Å². The zero-order valence-electron chi connectivity index (χ0n) is 18.2. The summed E-state index contributed by atoms with van der Waals surface area (Å²) in [6, 6.07) is 4.84. The molecule has 1 atom stereocenters. The van der Waals surface area contributed by atoms with Crippen molar-refractivity contribution in [2.24, 2.45) is 5.92 Å². The summed E-state index contributed by atoms with van der Waals surface area (Å²) in [5.74, 6) is 0.732. The number of nitrogens with one attached hydrogen (secondary N) is 1. The molecule has 1 amide bonds. The number of nitrogens with zero attached hydrogens (tertiary/aromatic N) is 3.